The number of nitrogens with one attached hydrogen (secondary N) is 2. The monoisotopic (exact) mass is 452 g/mol. The molecule has 2 saturated heterocycles. The summed E-state index contributed by atoms with van der Waals surface area (Å²) in [6.07, 6.45) is 2.00. The van der Waals surface area contributed by atoms with Crippen molar-refractivity contribution in [1.82, 2.24) is 20.4 Å². The molecule has 2 fully saturated rings. The normalized spacial score (nSPS) is 23.6. The molecule has 2 aliphatic heterocycles. The van der Waals surface area contributed by atoms with Crippen molar-refractivity contribution in [3.8, 4) is 0 Å². The predicted octanol–water partition coefficient (Wildman–Crippen LogP) is 2.60. The third-order valence-electron chi connectivity index (χ3n) is 6.96. The average Bonchev–Trinajstić information content (AvgIpc) is 3.18. The minimum Gasteiger partial charge on any atom is -0.353 e. The molecular formula is C26H33FN4O2. The van der Waals surface area contributed by atoms with Crippen LogP contribution in [0.15, 0.2) is 48.5 Å². The van der Waals surface area contributed by atoms with E-state index in [-0.39, 0.29) is 35.8 Å². The molecule has 0 spiro atoms. The second-order valence-corrected chi connectivity index (χ2v) is 9.26. The Morgan fingerprint density at radius 1 is 1.12 bits per heavy atom. The Morgan fingerprint density at radius 2 is 1.82 bits per heavy atom. The number of amides is 2. The van der Waals surface area contributed by atoms with Gasteiger partial charge in [0, 0.05) is 44.7 Å². The van der Waals surface area contributed by atoms with Gasteiger partial charge in [-0.15, -0.1) is 0 Å². The Kier molecular flexibility index (Phi) is 7.40. The molecule has 2 heterocycles. The molecule has 3 atom stereocenters. The van der Waals surface area contributed by atoms with E-state index in [1.54, 1.807) is 12.1 Å². The number of nitrogens with zero attached hydrogens (tertiary/aromatic N) is 2. The van der Waals surface area contributed by atoms with Gasteiger partial charge in [-0.05, 0) is 50.1 Å². The van der Waals surface area contributed by atoms with Crippen molar-refractivity contribution in [3.05, 3.63) is 71.0 Å². The highest BCUT2D eigenvalue weighted by Gasteiger charge is 2.44. The highest BCUT2D eigenvalue weighted by atomic mass is 19.1. The second-order valence-electron chi connectivity index (χ2n) is 9.26. The number of halogens is 1. The van der Waals surface area contributed by atoms with Crippen molar-refractivity contribution >= 4 is 11.8 Å². The molecule has 33 heavy (non-hydrogen) atoms. The molecule has 2 aliphatic rings. The van der Waals surface area contributed by atoms with Gasteiger partial charge in [0.05, 0.1) is 0 Å². The lowest BCUT2D eigenvalue weighted by Gasteiger charge is -2.33. The number of hydrogen-bond donors (Lipinski definition) is 2. The fourth-order valence-electron chi connectivity index (χ4n) is 4.94. The summed E-state index contributed by atoms with van der Waals surface area (Å²) in [5, 5.41) is 6.03. The van der Waals surface area contributed by atoms with Gasteiger partial charge in [0.1, 0.15) is 11.9 Å². The van der Waals surface area contributed by atoms with Crippen LogP contribution in [0.4, 0.5) is 4.39 Å². The van der Waals surface area contributed by atoms with E-state index in [1.807, 2.05) is 0 Å². The molecule has 2 aromatic rings. The van der Waals surface area contributed by atoms with Crippen LogP contribution in [-0.2, 0) is 22.7 Å². The van der Waals surface area contributed by atoms with Crippen LogP contribution in [0.3, 0.4) is 0 Å². The summed E-state index contributed by atoms with van der Waals surface area (Å²) in [5.41, 5.74) is 3.32. The number of fused-ring (bicyclic) bond motifs is 1. The Labute approximate surface area is 195 Å². The summed E-state index contributed by atoms with van der Waals surface area (Å²) in [7, 11) is 2.08. The molecule has 0 bridgehead atoms. The first-order valence-corrected chi connectivity index (χ1v) is 11.7. The number of likely N-dealkylation sites (N-methyl/N-ethyl adjacent to an activating group) is 1. The number of likely N-dealkylation sites (tertiary alicyclic amines) is 1. The fourth-order valence-corrected chi connectivity index (χ4v) is 4.94. The summed E-state index contributed by atoms with van der Waals surface area (Å²) in [6, 6.07) is 14.7. The maximum absolute atomic E-state index is 13.0. The Morgan fingerprint density at radius 3 is 2.55 bits per heavy atom. The standard InChI is InChI=1S/C26H33FN4O2/c1-18-3-5-20(6-4-18)17-31-14-13-23-25(31)26(33)29-16-22(30(23)2)11-12-24(32)28-15-19-7-9-21(27)10-8-19/h3-10,22-23,25H,11-17H2,1-2H3,(H,28,32)(H,29,33)/t22-,23-,25-/m0/s1. The maximum Gasteiger partial charge on any atom is 0.239 e. The number of benzene rings is 2. The van der Waals surface area contributed by atoms with Crippen LogP contribution in [-0.4, -0.2) is 59.9 Å². The lowest BCUT2D eigenvalue weighted by Crippen LogP contribution is -2.49. The van der Waals surface area contributed by atoms with Crippen molar-refractivity contribution in [2.45, 2.75) is 57.4 Å². The fraction of sp³-hybridized carbons (Fsp3) is 0.462. The first kappa shape index (κ1) is 23.4. The predicted molar refractivity (Wildman–Crippen MR) is 126 cm³/mol. The van der Waals surface area contributed by atoms with Crippen molar-refractivity contribution < 1.29 is 14.0 Å². The van der Waals surface area contributed by atoms with Gasteiger partial charge in [0.2, 0.25) is 11.8 Å². The summed E-state index contributed by atoms with van der Waals surface area (Å²) in [6.45, 7) is 4.65. The molecule has 0 aromatic heterocycles. The van der Waals surface area contributed by atoms with Gasteiger partial charge < -0.3 is 10.6 Å². The summed E-state index contributed by atoms with van der Waals surface area (Å²) >= 11 is 0. The molecule has 7 heteroatoms. The van der Waals surface area contributed by atoms with Crippen LogP contribution in [0.25, 0.3) is 0 Å². The Hall–Kier alpha value is -2.77. The molecule has 0 unspecified atom stereocenters. The first-order valence-electron chi connectivity index (χ1n) is 11.7. The zero-order chi connectivity index (χ0) is 23.4. The Bertz CT molecular complexity index is 963. The zero-order valence-corrected chi connectivity index (χ0v) is 19.4. The van der Waals surface area contributed by atoms with Crippen LogP contribution in [0, 0.1) is 12.7 Å². The zero-order valence-electron chi connectivity index (χ0n) is 19.4. The second kappa shape index (κ2) is 10.4. The highest BCUT2D eigenvalue weighted by Crippen LogP contribution is 2.28. The third-order valence-corrected chi connectivity index (χ3v) is 6.96. The molecule has 6 nitrogen and oxygen atoms in total. The van der Waals surface area contributed by atoms with Crippen LogP contribution in [0.1, 0.15) is 36.0 Å². The van der Waals surface area contributed by atoms with Crippen molar-refractivity contribution in [3.63, 3.8) is 0 Å². The molecule has 2 N–H and O–H groups in total. The van der Waals surface area contributed by atoms with E-state index in [2.05, 4.69) is 58.7 Å². The molecule has 2 aromatic carbocycles. The van der Waals surface area contributed by atoms with E-state index in [0.717, 1.165) is 25.1 Å². The Balaban J connectivity index is 1.31. The van der Waals surface area contributed by atoms with Crippen LogP contribution >= 0.6 is 0 Å². The van der Waals surface area contributed by atoms with Gasteiger partial charge >= 0.3 is 0 Å². The highest BCUT2D eigenvalue weighted by molar-refractivity contribution is 5.83. The average molecular weight is 453 g/mol. The van der Waals surface area contributed by atoms with Gasteiger partial charge in [0.25, 0.3) is 0 Å². The minimum atomic E-state index is -0.286. The smallest absolute Gasteiger partial charge is 0.239 e. The summed E-state index contributed by atoms with van der Waals surface area (Å²) in [4.78, 5) is 29.9. The number of carbonyl (C=O) groups excluding carboxylic acids is 2. The first-order chi connectivity index (χ1) is 15.9. The molecule has 0 radical (unpaired) electrons. The largest absolute Gasteiger partial charge is 0.353 e. The SMILES string of the molecule is Cc1ccc(CN2CC[C@H]3[C@H]2C(=O)NC[C@H](CCC(=O)NCc2ccc(F)cc2)N3C)cc1. The molecule has 2 amide bonds. The van der Waals surface area contributed by atoms with Crippen LogP contribution in [0.2, 0.25) is 0 Å². The number of hydrogen-bond acceptors (Lipinski definition) is 4. The topological polar surface area (TPSA) is 64.7 Å². The lowest BCUT2D eigenvalue weighted by atomic mass is 10.0. The van der Waals surface area contributed by atoms with E-state index < -0.39 is 0 Å². The van der Waals surface area contributed by atoms with Crippen LogP contribution in [0.5, 0.6) is 0 Å². The van der Waals surface area contributed by atoms with Crippen molar-refractivity contribution in [1.29, 1.82) is 0 Å². The van der Waals surface area contributed by atoms with E-state index in [1.165, 1.54) is 23.3 Å². The van der Waals surface area contributed by atoms with Gasteiger partial charge in [-0.25, -0.2) is 4.39 Å². The molecule has 176 valence electrons. The third kappa shape index (κ3) is 5.78. The molecule has 0 aliphatic carbocycles. The lowest BCUT2D eigenvalue weighted by molar-refractivity contribution is -0.126. The maximum atomic E-state index is 13.0. The van der Waals surface area contributed by atoms with Gasteiger partial charge in [-0.3, -0.25) is 19.4 Å². The van der Waals surface area contributed by atoms with Gasteiger partial charge in [-0.2, -0.15) is 0 Å². The van der Waals surface area contributed by atoms with Gasteiger partial charge in [-0.1, -0.05) is 42.0 Å². The van der Waals surface area contributed by atoms with Crippen molar-refractivity contribution in [2.24, 2.45) is 0 Å². The minimum absolute atomic E-state index is 0.0349. The molecular weight excluding hydrogens is 419 g/mol. The number of carbonyl (C=O) groups is 2. The van der Waals surface area contributed by atoms with E-state index in [4.69, 9.17) is 0 Å². The number of rotatable bonds is 7. The molecule has 4 rings (SSSR count). The summed E-state index contributed by atoms with van der Waals surface area (Å²) in [5.74, 6) is -0.238. The van der Waals surface area contributed by atoms with Gasteiger partial charge in [0.15, 0.2) is 0 Å². The molecule has 0 saturated carbocycles. The van der Waals surface area contributed by atoms with E-state index in [9.17, 15) is 14.0 Å². The summed E-state index contributed by atoms with van der Waals surface area (Å²) < 4.78 is 13.0. The van der Waals surface area contributed by atoms with Crippen LogP contribution < -0.4 is 10.6 Å². The quantitative estimate of drug-likeness (QED) is 0.678. The van der Waals surface area contributed by atoms with E-state index in [0.29, 0.717) is 25.9 Å². The number of aryl methyl sites for hydroxylation is 1. The van der Waals surface area contributed by atoms with Crippen molar-refractivity contribution in [2.75, 3.05) is 20.1 Å². The van der Waals surface area contributed by atoms with E-state index >= 15 is 0 Å².